The number of hydrogen-bond donors (Lipinski definition) is 8. The molecular weight excluding hydrogens is 604 g/mol. The largest absolute Gasteiger partial charge is 0.504 e. The van der Waals surface area contributed by atoms with Crippen molar-refractivity contribution in [2.45, 2.75) is 75.1 Å². The highest BCUT2D eigenvalue weighted by Gasteiger charge is 2.46. The van der Waals surface area contributed by atoms with Crippen molar-refractivity contribution in [3.05, 3.63) is 41.6 Å². The smallest absolute Gasteiger partial charge is 0.354 e. The lowest BCUT2D eigenvalue weighted by Crippen LogP contribution is -2.60. The van der Waals surface area contributed by atoms with E-state index in [2.05, 4.69) is 4.99 Å². The van der Waals surface area contributed by atoms with E-state index in [-0.39, 0.29) is 36.3 Å². The number of ether oxygens (including phenoxy) is 3. The van der Waals surface area contributed by atoms with Crippen LogP contribution in [0.2, 0.25) is 0 Å². The molecule has 0 amide bonds. The van der Waals surface area contributed by atoms with E-state index in [1.54, 1.807) is 0 Å². The molecular formula is C28H32N2O15. The zero-order valence-electron chi connectivity index (χ0n) is 23.7. The highest BCUT2D eigenvalue weighted by molar-refractivity contribution is 6.41. The van der Waals surface area contributed by atoms with Crippen molar-refractivity contribution in [1.82, 2.24) is 0 Å². The molecule has 3 heterocycles. The Morgan fingerprint density at radius 3 is 2.40 bits per heavy atom. The van der Waals surface area contributed by atoms with Crippen LogP contribution in [0, 0.1) is 0 Å². The Morgan fingerprint density at radius 2 is 1.78 bits per heavy atom. The molecule has 17 heteroatoms. The summed E-state index contributed by atoms with van der Waals surface area (Å²) in [5, 5.41) is 79.6. The number of fused-ring (bicyclic) bond motifs is 1. The summed E-state index contributed by atoms with van der Waals surface area (Å²) in [5.74, 6) is -5.63. The zero-order chi connectivity index (χ0) is 33.2. The van der Waals surface area contributed by atoms with Crippen molar-refractivity contribution in [2.24, 2.45) is 4.99 Å². The lowest BCUT2D eigenvalue weighted by molar-refractivity contribution is -0.278. The van der Waals surface area contributed by atoms with Gasteiger partial charge >= 0.3 is 23.9 Å². The first-order chi connectivity index (χ1) is 21.2. The maximum atomic E-state index is 12.1. The predicted molar refractivity (Wildman–Crippen MR) is 149 cm³/mol. The number of aromatic hydroxyl groups is 1. The van der Waals surface area contributed by atoms with E-state index >= 15 is 0 Å². The fraction of sp³-hybridized carbons (Fsp3) is 0.464. The molecule has 0 aliphatic carbocycles. The van der Waals surface area contributed by atoms with Gasteiger partial charge in [-0.25, -0.2) is 14.4 Å². The molecule has 8 atom stereocenters. The molecule has 0 spiro atoms. The minimum atomic E-state index is -1.82. The zero-order valence-corrected chi connectivity index (χ0v) is 23.7. The quantitative estimate of drug-likeness (QED) is 0.129. The van der Waals surface area contributed by atoms with Gasteiger partial charge in [0.15, 0.2) is 17.5 Å². The maximum Gasteiger partial charge on any atom is 0.354 e. The van der Waals surface area contributed by atoms with Gasteiger partial charge in [0.1, 0.15) is 42.8 Å². The van der Waals surface area contributed by atoms with Crippen molar-refractivity contribution >= 4 is 35.3 Å². The Kier molecular flexibility index (Phi) is 10.1. The van der Waals surface area contributed by atoms with Gasteiger partial charge in [-0.15, -0.1) is 0 Å². The number of phenols is 1. The van der Waals surface area contributed by atoms with Crippen LogP contribution in [0.15, 0.2) is 41.1 Å². The number of esters is 1. The second kappa shape index (κ2) is 13.6. The Balaban J connectivity index is 1.55. The fourth-order valence-electron chi connectivity index (χ4n) is 4.97. The molecule has 1 fully saturated rings. The van der Waals surface area contributed by atoms with Crippen LogP contribution in [0.5, 0.6) is 11.5 Å². The number of rotatable bonds is 11. The molecule has 0 aromatic heterocycles. The van der Waals surface area contributed by atoms with Gasteiger partial charge in [-0.1, -0.05) is 0 Å². The predicted octanol–water partition coefficient (Wildman–Crippen LogP) is -1.47. The van der Waals surface area contributed by atoms with Crippen LogP contribution in [0.4, 0.5) is 5.69 Å². The molecule has 1 aromatic carbocycles. The van der Waals surface area contributed by atoms with Gasteiger partial charge < -0.3 is 60.0 Å². The standard InChI is InChI=1S/C28H32N2O15/c1-11(31)4-21(33)43-10-20-22(34)23(35)24(36)28(45-20)44-19-8-13-7-17(27(41)42)30(16(13)9-18(19)32)3-2-12-5-14(25(37)38)29-15(6-12)26(39)40/h2-3,5,8-9,11,15,17,20,22-24,28,31-32,34-36H,4,6-7,10H2,1H3,(H,37,38)(H,39,40)(H,41,42)/b3-2+/t11?,15-,17-,20+,22+,23-,24+,28+/m0/s1. The molecule has 3 aliphatic heterocycles. The number of nitrogens with zero attached hydrogens (tertiary/aromatic N) is 2. The Morgan fingerprint density at radius 1 is 1.07 bits per heavy atom. The number of carboxylic acids is 3. The van der Waals surface area contributed by atoms with Crippen molar-refractivity contribution < 1.29 is 74.2 Å². The number of benzene rings is 1. The minimum Gasteiger partial charge on any atom is -0.504 e. The number of aliphatic hydroxyl groups excluding tert-OH is 4. The third-order valence-corrected chi connectivity index (χ3v) is 7.25. The molecule has 45 heavy (non-hydrogen) atoms. The number of aliphatic carboxylic acids is 3. The van der Waals surface area contributed by atoms with Gasteiger partial charge in [-0.3, -0.25) is 9.79 Å². The SMILES string of the molecule is CC(O)CC(=O)OC[C@H]1O[C@@H](Oc2cc3c(cc2O)N(/C=C/C2=CC(C(=O)O)=N[C@H](C(=O)O)C2)[C@H](C(=O)O)C3)[C@H](O)[C@@H](O)[C@@H]1O. The molecule has 1 aromatic rings. The summed E-state index contributed by atoms with van der Waals surface area (Å²) in [7, 11) is 0. The number of anilines is 1. The normalized spacial score (nSPS) is 28.6. The van der Waals surface area contributed by atoms with E-state index in [0.717, 1.165) is 0 Å². The van der Waals surface area contributed by atoms with Crippen molar-refractivity contribution in [2.75, 3.05) is 11.5 Å². The topological polar surface area (TPSA) is 273 Å². The number of phenolic OH excluding ortho intramolecular Hbond substituents is 1. The van der Waals surface area contributed by atoms with Crippen LogP contribution < -0.4 is 9.64 Å². The number of aliphatic imine (C=N–C) groups is 1. The summed E-state index contributed by atoms with van der Waals surface area (Å²) in [6.07, 6.45) is -6.07. The summed E-state index contributed by atoms with van der Waals surface area (Å²) < 4.78 is 16.1. The molecule has 244 valence electrons. The second-order valence-electron chi connectivity index (χ2n) is 10.7. The van der Waals surface area contributed by atoms with E-state index in [1.807, 2.05) is 0 Å². The summed E-state index contributed by atoms with van der Waals surface area (Å²) >= 11 is 0. The van der Waals surface area contributed by atoms with E-state index in [0.29, 0.717) is 5.56 Å². The number of carboxylic acid groups (broad SMARTS) is 3. The summed E-state index contributed by atoms with van der Waals surface area (Å²) in [5.41, 5.74) is 0.370. The van der Waals surface area contributed by atoms with E-state index in [9.17, 15) is 60.0 Å². The summed E-state index contributed by atoms with van der Waals surface area (Å²) in [6, 6.07) is -0.0758. The Hall–Kier alpha value is -4.55. The summed E-state index contributed by atoms with van der Waals surface area (Å²) in [4.78, 5) is 51.7. The monoisotopic (exact) mass is 636 g/mol. The molecule has 3 aliphatic rings. The minimum absolute atomic E-state index is 0.0957. The lowest BCUT2D eigenvalue weighted by Gasteiger charge is -2.40. The van der Waals surface area contributed by atoms with Crippen molar-refractivity contribution in [3.8, 4) is 11.5 Å². The average Bonchev–Trinajstić information content (AvgIpc) is 3.32. The number of carbonyl (C=O) groups excluding carboxylic acids is 1. The number of carbonyl (C=O) groups is 4. The van der Waals surface area contributed by atoms with Gasteiger partial charge in [0.05, 0.1) is 12.5 Å². The maximum absolute atomic E-state index is 12.1. The highest BCUT2D eigenvalue weighted by Crippen LogP contribution is 2.42. The second-order valence-corrected chi connectivity index (χ2v) is 10.7. The molecule has 8 N–H and O–H groups in total. The first-order valence-electron chi connectivity index (χ1n) is 13.7. The van der Waals surface area contributed by atoms with Gasteiger partial charge in [-0.2, -0.15) is 0 Å². The Labute approximate surface area is 254 Å². The van der Waals surface area contributed by atoms with Gasteiger partial charge in [-0.05, 0) is 36.3 Å². The fourth-order valence-corrected chi connectivity index (χ4v) is 4.97. The van der Waals surface area contributed by atoms with E-state index in [4.69, 9.17) is 14.2 Å². The van der Waals surface area contributed by atoms with Crippen LogP contribution in [0.3, 0.4) is 0 Å². The highest BCUT2D eigenvalue weighted by atomic mass is 16.7. The van der Waals surface area contributed by atoms with E-state index in [1.165, 1.54) is 42.3 Å². The first kappa shape index (κ1) is 33.3. The number of aliphatic hydroxyl groups is 4. The summed E-state index contributed by atoms with van der Waals surface area (Å²) in [6.45, 7) is 0.809. The van der Waals surface area contributed by atoms with Crippen LogP contribution >= 0.6 is 0 Å². The molecule has 0 saturated carbocycles. The van der Waals surface area contributed by atoms with Crippen LogP contribution in [0.1, 0.15) is 25.3 Å². The number of hydrogen-bond acceptors (Lipinski definition) is 14. The number of allylic oxidation sites excluding steroid dienone is 1. The van der Waals surface area contributed by atoms with Gasteiger partial charge in [0.2, 0.25) is 6.29 Å². The third kappa shape index (κ3) is 7.58. The third-order valence-electron chi connectivity index (χ3n) is 7.25. The molecule has 4 rings (SSSR count). The van der Waals surface area contributed by atoms with Gasteiger partial charge in [0.25, 0.3) is 0 Å². The van der Waals surface area contributed by atoms with Crippen molar-refractivity contribution in [3.63, 3.8) is 0 Å². The first-order valence-corrected chi connectivity index (χ1v) is 13.7. The Bertz CT molecular complexity index is 1440. The molecule has 17 nitrogen and oxygen atoms in total. The average molecular weight is 637 g/mol. The molecule has 0 radical (unpaired) electrons. The van der Waals surface area contributed by atoms with Crippen LogP contribution in [0.25, 0.3) is 0 Å². The lowest BCUT2D eigenvalue weighted by atomic mass is 9.99. The molecule has 1 saturated heterocycles. The van der Waals surface area contributed by atoms with Gasteiger partial charge in [0, 0.05) is 30.8 Å². The van der Waals surface area contributed by atoms with Crippen molar-refractivity contribution in [1.29, 1.82) is 0 Å². The van der Waals surface area contributed by atoms with Crippen LogP contribution in [-0.4, -0.2) is 126 Å². The molecule has 0 bridgehead atoms. The van der Waals surface area contributed by atoms with E-state index < -0.39 is 90.8 Å². The number of dihydropyridines is 1. The van der Waals surface area contributed by atoms with Crippen LogP contribution in [-0.2, 0) is 35.1 Å². The molecule has 1 unspecified atom stereocenters.